The van der Waals surface area contributed by atoms with Gasteiger partial charge in [0.1, 0.15) is 0 Å². The third-order valence-corrected chi connectivity index (χ3v) is 6.90. The maximum atomic E-state index is 4.31. The number of rotatable bonds is 3. The first-order valence-corrected chi connectivity index (χ1v) is 11.9. The predicted octanol–water partition coefficient (Wildman–Crippen LogP) is 9.16. The van der Waals surface area contributed by atoms with E-state index in [1.165, 1.54) is 43.1 Å². The zero-order valence-corrected chi connectivity index (χ0v) is 19.1. The van der Waals surface area contributed by atoms with Gasteiger partial charge in [0.15, 0.2) is 0 Å². The molecule has 0 unspecified atom stereocenters. The molecule has 164 valence electrons. The molecule has 0 aliphatic rings. The van der Waals surface area contributed by atoms with Gasteiger partial charge in [-0.1, -0.05) is 97.1 Å². The normalized spacial score (nSPS) is 11.4. The van der Waals surface area contributed by atoms with Gasteiger partial charge in [0.2, 0.25) is 0 Å². The fraction of sp³-hybridized carbons (Fsp3) is 0. The number of anilines is 3. The molecule has 1 aromatic heterocycles. The van der Waals surface area contributed by atoms with E-state index in [4.69, 9.17) is 0 Å². The lowest BCUT2D eigenvalue weighted by Gasteiger charge is -2.29. The van der Waals surface area contributed by atoms with Crippen LogP contribution < -0.4 is 4.90 Å². The second kappa shape index (κ2) is 7.96. The van der Waals surface area contributed by atoms with Crippen molar-refractivity contribution in [3.63, 3.8) is 0 Å². The molecule has 0 amide bonds. The number of aromatic nitrogens is 1. The van der Waals surface area contributed by atoms with Gasteiger partial charge >= 0.3 is 0 Å². The van der Waals surface area contributed by atoms with Crippen LogP contribution in [0.25, 0.3) is 43.1 Å². The minimum absolute atomic E-state index is 1.08. The summed E-state index contributed by atoms with van der Waals surface area (Å²) >= 11 is 0. The Morgan fingerprint density at radius 3 is 1.29 bits per heavy atom. The van der Waals surface area contributed by atoms with Crippen LogP contribution in [0.5, 0.6) is 0 Å². The molecule has 1 heterocycles. The van der Waals surface area contributed by atoms with E-state index in [-0.39, 0.29) is 0 Å². The van der Waals surface area contributed by atoms with Gasteiger partial charge in [-0.2, -0.15) is 0 Å². The fourth-order valence-electron chi connectivity index (χ4n) is 5.34. The quantitative estimate of drug-likeness (QED) is 0.252. The van der Waals surface area contributed by atoms with Crippen LogP contribution >= 0.6 is 0 Å². The van der Waals surface area contributed by atoms with Crippen molar-refractivity contribution in [3.8, 4) is 0 Å². The van der Waals surface area contributed by atoms with E-state index in [1.807, 2.05) is 12.4 Å². The monoisotopic (exact) mass is 446 g/mol. The average Bonchev–Trinajstić information content (AvgIpc) is 2.94. The molecule has 7 aromatic rings. The first-order valence-electron chi connectivity index (χ1n) is 11.9. The van der Waals surface area contributed by atoms with Crippen LogP contribution in [-0.2, 0) is 0 Å². The molecule has 0 aliphatic carbocycles. The molecule has 0 fully saturated rings. The number of benzene rings is 6. The van der Waals surface area contributed by atoms with E-state index in [9.17, 15) is 0 Å². The van der Waals surface area contributed by atoms with Gasteiger partial charge in [-0.3, -0.25) is 4.98 Å². The van der Waals surface area contributed by atoms with Gasteiger partial charge < -0.3 is 4.90 Å². The van der Waals surface area contributed by atoms with Crippen molar-refractivity contribution in [1.82, 2.24) is 4.98 Å². The van der Waals surface area contributed by atoms with Crippen molar-refractivity contribution < 1.29 is 0 Å². The first-order chi connectivity index (χ1) is 17.4. The van der Waals surface area contributed by atoms with Gasteiger partial charge in [-0.05, 0) is 56.6 Å². The molecule has 0 aliphatic heterocycles. The number of pyridine rings is 1. The molecule has 2 nitrogen and oxygen atoms in total. The Bertz CT molecular complexity index is 1740. The highest BCUT2D eigenvalue weighted by molar-refractivity contribution is 6.18. The lowest BCUT2D eigenvalue weighted by Crippen LogP contribution is -2.11. The van der Waals surface area contributed by atoms with Crippen LogP contribution in [0.4, 0.5) is 17.1 Å². The van der Waals surface area contributed by atoms with Crippen LogP contribution in [0.3, 0.4) is 0 Å². The van der Waals surface area contributed by atoms with Crippen LogP contribution in [0.1, 0.15) is 0 Å². The molecular weight excluding hydrogens is 424 g/mol. The summed E-state index contributed by atoms with van der Waals surface area (Å²) in [7, 11) is 0. The zero-order chi connectivity index (χ0) is 23.2. The number of nitrogens with zero attached hydrogens (tertiary/aromatic N) is 2. The van der Waals surface area contributed by atoms with E-state index >= 15 is 0 Å². The fourth-order valence-corrected chi connectivity index (χ4v) is 5.34. The molecule has 6 aromatic carbocycles. The Labute approximate surface area is 203 Å². The number of fused-ring (bicyclic) bond motifs is 6. The van der Waals surface area contributed by atoms with Crippen LogP contribution in [0.2, 0.25) is 0 Å². The third-order valence-electron chi connectivity index (χ3n) is 6.90. The minimum Gasteiger partial charge on any atom is -0.309 e. The topological polar surface area (TPSA) is 16.1 Å². The maximum absolute atomic E-state index is 4.31. The van der Waals surface area contributed by atoms with E-state index < -0.39 is 0 Å². The van der Waals surface area contributed by atoms with Crippen molar-refractivity contribution >= 4 is 60.2 Å². The van der Waals surface area contributed by atoms with Crippen LogP contribution in [0, 0.1) is 0 Å². The van der Waals surface area contributed by atoms with Gasteiger partial charge in [0.25, 0.3) is 0 Å². The smallest absolute Gasteiger partial charge is 0.0546 e. The van der Waals surface area contributed by atoms with Gasteiger partial charge in [-0.25, -0.2) is 0 Å². The third kappa shape index (κ3) is 3.15. The Hall–Kier alpha value is -4.69. The summed E-state index contributed by atoms with van der Waals surface area (Å²) in [6.45, 7) is 0. The predicted molar refractivity (Wildman–Crippen MR) is 149 cm³/mol. The second-order valence-electron chi connectivity index (χ2n) is 8.87. The Morgan fingerprint density at radius 1 is 0.400 bits per heavy atom. The zero-order valence-electron chi connectivity index (χ0n) is 19.1. The second-order valence-corrected chi connectivity index (χ2v) is 8.87. The van der Waals surface area contributed by atoms with Crippen molar-refractivity contribution in [2.45, 2.75) is 0 Å². The summed E-state index contributed by atoms with van der Waals surface area (Å²) < 4.78 is 0. The molecular formula is C33H22N2. The number of hydrogen-bond donors (Lipinski definition) is 0. The summed E-state index contributed by atoms with van der Waals surface area (Å²) in [5.41, 5.74) is 3.40. The van der Waals surface area contributed by atoms with Crippen molar-refractivity contribution in [2.75, 3.05) is 4.90 Å². The Morgan fingerprint density at radius 2 is 0.800 bits per heavy atom. The van der Waals surface area contributed by atoms with E-state index in [1.54, 1.807) is 0 Å². The maximum Gasteiger partial charge on any atom is 0.0546 e. The Balaban J connectivity index is 1.65. The molecule has 2 heteroatoms. The van der Waals surface area contributed by atoms with Crippen molar-refractivity contribution in [3.05, 3.63) is 134 Å². The molecule has 7 rings (SSSR count). The summed E-state index contributed by atoms with van der Waals surface area (Å²) in [6, 6.07) is 43.5. The van der Waals surface area contributed by atoms with Gasteiger partial charge in [0, 0.05) is 28.9 Å². The summed E-state index contributed by atoms with van der Waals surface area (Å²) in [5, 5.41) is 9.94. The molecule has 0 atom stereocenters. The van der Waals surface area contributed by atoms with Crippen LogP contribution in [0.15, 0.2) is 134 Å². The highest BCUT2D eigenvalue weighted by Gasteiger charge is 2.20. The standard InChI is InChI=1S/C33H22N2/c1-3-11-26-23(9-1)21-32(30-15-7-5-13-28(26)30)35(25-17-19-34-20-18-25)33-22-24-10-2-4-12-27(24)29-14-6-8-16-31(29)33/h1-22H. The lowest BCUT2D eigenvalue weighted by atomic mass is 9.96. The molecule has 0 spiro atoms. The largest absolute Gasteiger partial charge is 0.309 e. The van der Waals surface area contributed by atoms with Gasteiger partial charge in [-0.15, -0.1) is 0 Å². The van der Waals surface area contributed by atoms with Crippen molar-refractivity contribution in [2.24, 2.45) is 0 Å². The minimum atomic E-state index is 1.08. The SMILES string of the molecule is c1ccc2c(c1)cc(N(c1ccncc1)c1cc3ccccc3c3ccccc13)c1ccccc12. The van der Waals surface area contributed by atoms with E-state index in [0.717, 1.165) is 17.1 Å². The average molecular weight is 447 g/mol. The Kier molecular flexibility index (Phi) is 4.49. The van der Waals surface area contributed by atoms with Crippen LogP contribution in [-0.4, -0.2) is 4.98 Å². The molecule has 0 saturated heterocycles. The molecule has 0 radical (unpaired) electrons. The summed E-state index contributed by atoms with van der Waals surface area (Å²) in [5.74, 6) is 0. The molecule has 0 N–H and O–H groups in total. The number of hydrogen-bond acceptors (Lipinski definition) is 2. The lowest BCUT2D eigenvalue weighted by molar-refractivity contribution is 1.26. The van der Waals surface area contributed by atoms with E-state index in [2.05, 4.69) is 131 Å². The van der Waals surface area contributed by atoms with Gasteiger partial charge in [0.05, 0.1) is 11.4 Å². The molecule has 0 bridgehead atoms. The molecule has 35 heavy (non-hydrogen) atoms. The molecule has 0 saturated carbocycles. The van der Waals surface area contributed by atoms with E-state index in [0.29, 0.717) is 0 Å². The summed E-state index contributed by atoms with van der Waals surface area (Å²) in [4.78, 5) is 6.71. The first kappa shape index (κ1) is 19.7. The van der Waals surface area contributed by atoms with Crippen molar-refractivity contribution in [1.29, 1.82) is 0 Å². The highest BCUT2D eigenvalue weighted by atomic mass is 15.1. The summed E-state index contributed by atoms with van der Waals surface area (Å²) in [6.07, 6.45) is 3.74. The highest BCUT2D eigenvalue weighted by Crippen LogP contribution is 2.45.